The minimum atomic E-state index is -0.979. The van der Waals surface area contributed by atoms with Gasteiger partial charge in [0.2, 0.25) is 0 Å². The summed E-state index contributed by atoms with van der Waals surface area (Å²) in [6, 6.07) is -1.18. The Bertz CT molecular complexity index is 348. The Hall–Kier alpha value is -1.30. The lowest BCUT2D eigenvalue weighted by molar-refractivity contribution is -0.139. The Morgan fingerprint density at radius 1 is 1.42 bits per heavy atom. The molecule has 6 nitrogen and oxygen atoms in total. The molecule has 0 spiro atoms. The van der Waals surface area contributed by atoms with Crippen molar-refractivity contribution in [2.24, 2.45) is 0 Å². The lowest BCUT2D eigenvalue weighted by atomic mass is 9.96. The molecular weight excluding hydrogens is 248 g/mol. The molecule has 0 aromatic rings. The van der Waals surface area contributed by atoms with Crippen LogP contribution in [0.15, 0.2) is 0 Å². The molecule has 2 rings (SSSR count). The maximum atomic E-state index is 11.8. The third kappa shape index (κ3) is 3.59. The van der Waals surface area contributed by atoms with Crippen LogP contribution in [0.25, 0.3) is 0 Å². The van der Waals surface area contributed by atoms with Gasteiger partial charge in [-0.25, -0.2) is 9.59 Å². The van der Waals surface area contributed by atoms with E-state index in [1.54, 1.807) is 0 Å². The van der Waals surface area contributed by atoms with Crippen LogP contribution in [0.5, 0.6) is 0 Å². The van der Waals surface area contributed by atoms with Crippen LogP contribution in [0.3, 0.4) is 0 Å². The molecule has 2 heterocycles. The summed E-state index contributed by atoms with van der Waals surface area (Å²) in [7, 11) is 0. The fourth-order valence-electron chi connectivity index (χ4n) is 2.82. The van der Waals surface area contributed by atoms with Gasteiger partial charge >= 0.3 is 12.0 Å². The number of aliphatic carboxylic acids is 1. The standard InChI is InChI=1S/C13H22N2O4/c1-2-3-4-9(12(16)17)14-13(18)15-10-7-8-5-6-11(10)19-8/h8-11H,2-7H2,1H3,(H,16,17)(H2,14,15,18)/t8?,9-,10?,11?/m0/s1. The van der Waals surface area contributed by atoms with Gasteiger partial charge < -0.3 is 20.5 Å². The predicted molar refractivity (Wildman–Crippen MR) is 68.9 cm³/mol. The van der Waals surface area contributed by atoms with E-state index in [1.165, 1.54) is 0 Å². The number of hydrogen-bond donors (Lipinski definition) is 3. The third-order valence-corrected chi connectivity index (χ3v) is 3.87. The van der Waals surface area contributed by atoms with Crippen LogP contribution < -0.4 is 10.6 Å². The topological polar surface area (TPSA) is 87.7 Å². The molecule has 19 heavy (non-hydrogen) atoms. The van der Waals surface area contributed by atoms with Crippen LogP contribution in [0.1, 0.15) is 45.4 Å². The van der Waals surface area contributed by atoms with E-state index in [0.29, 0.717) is 6.42 Å². The maximum absolute atomic E-state index is 11.8. The van der Waals surface area contributed by atoms with Gasteiger partial charge in [0.05, 0.1) is 18.2 Å². The number of carboxylic acid groups (broad SMARTS) is 1. The van der Waals surface area contributed by atoms with E-state index in [-0.39, 0.29) is 18.2 Å². The van der Waals surface area contributed by atoms with Gasteiger partial charge in [0.15, 0.2) is 0 Å². The third-order valence-electron chi connectivity index (χ3n) is 3.87. The molecular formula is C13H22N2O4. The molecule has 0 radical (unpaired) electrons. The molecule has 6 heteroatoms. The zero-order valence-electron chi connectivity index (χ0n) is 11.2. The second-order valence-corrected chi connectivity index (χ2v) is 5.37. The monoisotopic (exact) mass is 270 g/mol. The number of urea groups is 1. The molecule has 4 atom stereocenters. The Morgan fingerprint density at radius 2 is 2.21 bits per heavy atom. The number of hydrogen-bond acceptors (Lipinski definition) is 3. The predicted octanol–water partition coefficient (Wildman–Crippen LogP) is 1.25. The fraction of sp³-hybridized carbons (Fsp3) is 0.846. The lowest BCUT2D eigenvalue weighted by Crippen LogP contribution is -2.51. The molecule has 3 unspecified atom stereocenters. The molecule has 0 aliphatic carbocycles. The second kappa shape index (κ2) is 6.23. The average Bonchev–Trinajstić information content (AvgIpc) is 2.96. The zero-order valence-corrected chi connectivity index (χ0v) is 11.2. The van der Waals surface area contributed by atoms with Gasteiger partial charge in [0, 0.05) is 0 Å². The van der Waals surface area contributed by atoms with Crippen molar-refractivity contribution in [1.29, 1.82) is 0 Å². The van der Waals surface area contributed by atoms with Crippen molar-refractivity contribution in [2.45, 2.75) is 69.7 Å². The van der Waals surface area contributed by atoms with E-state index in [1.807, 2.05) is 6.92 Å². The van der Waals surface area contributed by atoms with Crippen LogP contribution in [-0.2, 0) is 9.53 Å². The van der Waals surface area contributed by atoms with Gasteiger partial charge in [-0.2, -0.15) is 0 Å². The maximum Gasteiger partial charge on any atom is 0.326 e. The number of carbonyl (C=O) groups excluding carboxylic acids is 1. The quantitative estimate of drug-likeness (QED) is 0.678. The minimum absolute atomic E-state index is 0.0272. The molecule has 2 aliphatic heterocycles. The van der Waals surface area contributed by atoms with Crippen molar-refractivity contribution in [1.82, 2.24) is 10.6 Å². The summed E-state index contributed by atoms with van der Waals surface area (Å²) in [5.41, 5.74) is 0. The van der Waals surface area contributed by atoms with Crippen LogP contribution in [0, 0.1) is 0 Å². The van der Waals surface area contributed by atoms with Crippen molar-refractivity contribution in [3.05, 3.63) is 0 Å². The lowest BCUT2D eigenvalue weighted by Gasteiger charge is -2.22. The van der Waals surface area contributed by atoms with E-state index >= 15 is 0 Å². The fourth-order valence-corrected chi connectivity index (χ4v) is 2.82. The molecule has 0 aromatic heterocycles. The number of carbonyl (C=O) groups is 2. The molecule has 2 fully saturated rings. The van der Waals surface area contributed by atoms with E-state index in [0.717, 1.165) is 32.1 Å². The summed E-state index contributed by atoms with van der Waals surface area (Å²) in [5, 5.41) is 14.4. The first-order valence-electron chi connectivity index (χ1n) is 7.05. The summed E-state index contributed by atoms with van der Waals surface area (Å²) in [6.45, 7) is 1.99. The second-order valence-electron chi connectivity index (χ2n) is 5.37. The van der Waals surface area contributed by atoms with Crippen molar-refractivity contribution >= 4 is 12.0 Å². The highest BCUT2D eigenvalue weighted by Gasteiger charge is 2.41. The molecule has 108 valence electrons. The molecule has 3 N–H and O–H groups in total. The van der Waals surface area contributed by atoms with Crippen LogP contribution in [-0.4, -0.2) is 41.4 Å². The number of rotatable bonds is 6. The number of fused-ring (bicyclic) bond motifs is 2. The zero-order chi connectivity index (χ0) is 13.8. The van der Waals surface area contributed by atoms with E-state index in [4.69, 9.17) is 9.84 Å². The van der Waals surface area contributed by atoms with E-state index < -0.39 is 18.0 Å². The largest absolute Gasteiger partial charge is 0.480 e. The highest BCUT2D eigenvalue weighted by molar-refractivity contribution is 5.82. The highest BCUT2D eigenvalue weighted by Crippen LogP contribution is 2.34. The van der Waals surface area contributed by atoms with Crippen molar-refractivity contribution in [2.75, 3.05) is 0 Å². The highest BCUT2D eigenvalue weighted by atomic mass is 16.5. The molecule has 2 aliphatic rings. The number of ether oxygens (including phenoxy) is 1. The van der Waals surface area contributed by atoms with Gasteiger partial charge in [-0.15, -0.1) is 0 Å². The first-order valence-corrected chi connectivity index (χ1v) is 7.05. The van der Waals surface area contributed by atoms with Crippen LogP contribution >= 0.6 is 0 Å². The number of carboxylic acids is 1. The SMILES string of the molecule is CCCC[C@H](NC(=O)NC1CC2CCC1O2)C(=O)O. The molecule has 0 aromatic carbocycles. The minimum Gasteiger partial charge on any atom is -0.480 e. The first kappa shape index (κ1) is 14.1. The first-order chi connectivity index (χ1) is 9.10. The summed E-state index contributed by atoms with van der Waals surface area (Å²) in [5.74, 6) is -0.979. The Labute approximate surface area is 112 Å². The molecule has 2 saturated heterocycles. The Morgan fingerprint density at radius 3 is 2.74 bits per heavy atom. The smallest absolute Gasteiger partial charge is 0.326 e. The van der Waals surface area contributed by atoms with E-state index in [2.05, 4.69) is 10.6 Å². The van der Waals surface area contributed by atoms with Crippen molar-refractivity contribution in [3.63, 3.8) is 0 Å². The van der Waals surface area contributed by atoms with Gasteiger partial charge in [-0.3, -0.25) is 0 Å². The Balaban J connectivity index is 1.77. The van der Waals surface area contributed by atoms with Gasteiger partial charge in [-0.1, -0.05) is 19.8 Å². The summed E-state index contributed by atoms with van der Waals surface area (Å²) in [6.07, 6.45) is 5.42. The van der Waals surface area contributed by atoms with Crippen LogP contribution in [0.4, 0.5) is 4.79 Å². The van der Waals surface area contributed by atoms with Gasteiger partial charge in [-0.05, 0) is 25.7 Å². The van der Waals surface area contributed by atoms with E-state index in [9.17, 15) is 9.59 Å². The number of unbranched alkanes of at least 4 members (excludes halogenated alkanes) is 1. The Kier molecular flexibility index (Phi) is 4.63. The summed E-state index contributed by atoms with van der Waals surface area (Å²) >= 11 is 0. The van der Waals surface area contributed by atoms with Crippen molar-refractivity contribution in [3.8, 4) is 0 Å². The molecule has 0 saturated carbocycles. The van der Waals surface area contributed by atoms with Crippen molar-refractivity contribution < 1.29 is 19.4 Å². The van der Waals surface area contributed by atoms with Gasteiger partial charge in [0.25, 0.3) is 0 Å². The normalized spacial score (nSPS) is 30.1. The summed E-state index contributed by atoms with van der Waals surface area (Å²) < 4.78 is 5.64. The average molecular weight is 270 g/mol. The molecule has 2 amide bonds. The van der Waals surface area contributed by atoms with Crippen LogP contribution in [0.2, 0.25) is 0 Å². The molecule has 2 bridgehead atoms. The van der Waals surface area contributed by atoms with Gasteiger partial charge in [0.1, 0.15) is 6.04 Å². The number of amides is 2. The number of nitrogens with one attached hydrogen (secondary N) is 2. The summed E-state index contributed by atoms with van der Waals surface area (Å²) in [4.78, 5) is 22.9.